The SMILES string of the molecule is C=CC(=O)CCCCCCOc1ccc(N=Nc2ccc(C)cc2)cc1. The Balaban J connectivity index is 1.66. The second kappa shape index (κ2) is 11.0. The van der Waals surface area contributed by atoms with Crippen LogP contribution in [0, 0.1) is 6.92 Å². The van der Waals surface area contributed by atoms with Gasteiger partial charge >= 0.3 is 0 Å². The molecule has 4 nitrogen and oxygen atoms in total. The molecule has 0 fully saturated rings. The number of hydrogen-bond acceptors (Lipinski definition) is 4. The summed E-state index contributed by atoms with van der Waals surface area (Å²) in [6.07, 6.45) is 6.01. The summed E-state index contributed by atoms with van der Waals surface area (Å²) in [5, 5.41) is 8.46. The summed E-state index contributed by atoms with van der Waals surface area (Å²) in [5.74, 6) is 0.960. The molecule has 0 saturated carbocycles. The highest BCUT2D eigenvalue weighted by atomic mass is 16.5. The summed E-state index contributed by atoms with van der Waals surface area (Å²) in [6.45, 7) is 6.20. The van der Waals surface area contributed by atoms with Crippen LogP contribution in [0.4, 0.5) is 11.4 Å². The molecule has 0 amide bonds. The minimum atomic E-state index is 0.126. The first-order chi connectivity index (χ1) is 12.7. The lowest BCUT2D eigenvalue weighted by Gasteiger charge is -2.06. The number of ether oxygens (including phenoxy) is 1. The van der Waals surface area contributed by atoms with Crippen LogP contribution < -0.4 is 4.74 Å². The van der Waals surface area contributed by atoms with Crippen LogP contribution in [0.25, 0.3) is 0 Å². The first kappa shape index (κ1) is 19.6. The summed E-state index contributed by atoms with van der Waals surface area (Å²) in [7, 11) is 0. The maximum absolute atomic E-state index is 11.1. The highest BCUT2D eigenvalue weighted by Gasteiger charge is 1.98. The molecule has 0 aliphatic carbocycles. The van der Waals surface area contributed by atoms with Gasteiger partial charge in [-0.2, -0.15) is 10.2 Å². The lowest BCUT2D eigenvalue weighted by Crippen LogP contribution is -1.97. The van der Waals surface area contributed by atoms with E-state index >= 15 is 0 Å². The van der Waals surface area contributed by atoms with Crippen molar-refractivity contribution in [1.82, 2.24) is 0 Å². The monoisotopic (exact) mass is 350 g/mol. The number of carbonyl (C=O) groups is 1. The van der Waals surface area contributed by atoms with Crippen molar-refractivity contribution in [3.8, 4) is 5.75 Å². The van der Waals surface area contributed by atoms with E-state index in [1.54, 1.807) is 0 Å². The number of benzene rings is 2. The third kappa shape index (κ3) is 7.43. The number of nitrogens with zero attached hydrogens (tertiary/aromatic N) is 2. The third-order valence-corrected chi connectivity index (χ3v) is 3.97. The van der Waals surface area contributed by atoms with E-state index in [2.05, 4.69) is 16.8 Å². The topological polar surface area (TPSA) is 51.0 Å². The Morgan fingerprint density at radius 1 is 0.923 bits per heavy atom. The number of unbranched alkanes of at least 4 members (excludes halogenated alkanes) is 3. The molecule has 0 aromatic heterocycles. The number of azo groups is 1. The highest BCUT2D eigenvalue weighted by Crippen LogP contribution is 2.21. The molecular weight excluding hydrogens is 324 g/mol. The fraction of sp³-hybridized carbons (Fsp3) is 0.318. The zero-order valence-electron chi connectivity index (χ0n) is 15.4. The summed E-state index contributed by atoms with van der Waals surface area (Å²) >= 11 is 0. The summed E-state index contributed by atoms with van der Waals surface area (Å²) in [4.78, 5) is 11.1. The fourth-order valence-electron chi connectivity index (χ4n) is 2.38. The molecule has 26 heavy (non-hydrogen) atoms. The number of aryl methyl sites for hydroxylation is 1. The molecule has 0 aliphatic rings. The maximum atomic E-state index is 11.1. The molecule has 0 bridgehead atoms. The van der Waals surface area contributed by atoms with Crippen LogP contribution in [0.2, 0.25) is 0 Å². The van der Waals surface area contributed by atoms with Gasteiger partial charge in [0.05, 0.1) is 18.0 Å². The normalized spacial score (nSPS) is 10.8. The minimum absolute atomic E-state index is 0.126. The first-order valence-electron chi connectivity index (χ1n) is 9.04. The van der Waals surface area contributed by atoms with E-state index in [9.17, 15) is 4.79 Å². The van der Waals surface area contributed by atoms with Gasteiger partial charge in [-0.15, -0.1) is 0 Å². The van der Waals surface area contributed by atoms with E-state index in [4.69, 9.17) is 4.74 Å². The average molecular weight is 350 g/mol. The highest BCUT2D eigenvalue weighted by molar-refractivity contribution is 5.88. The Hall–Kier alpha value is -2.75. The Morgan fingerprint density at radius 2 is 1.50 bits per heavy atom. The molecule has 2 rings (SSSR count). The average Bonchev–Trinajstić information content (AvgIpc) is 2.67. The van der Waals surface area contributed by atoms with E-state index in [1.807, 2.05) is 55.5 Å². The second-order valence-corrected chi connectivity index (χ2v) is 6.21. The predicted molar refractivity (Wildman–Crippen MR) is 106 cm³/mol. The zero-order valence-corrected chi connectivity index (χ0v) is 15.4. The van der Waals surface area contributed by atoms with Crippen LogP contribution in [-0.2, 0) is 4.79 Å². The van der Waals surface area contributed by atoms with Crippen molar-refractivity contribution < 1.29 is 9.53 Å². The maximum Gasteiger partial charge on any atom is 0.155 e. The van der Waals surface area contributed by atoms with E-state index in [0.29, 0.717) is 13.0 Å². The van der Waals surface area contributed by atoms with Crippen molar-refractivity contribution in [3.05, 3.63) is 66.7 Å². The van der Waals surface area contributed by atoms with E-state index in [0.717, 1.165) is 42.8 Å². The lowest BCUT2D eigenvalue weighted by atomic mass is 10.1. The number of allylic oxidation sites excluding steroid dienone is 1. The van der Waals surface area contributed by atoms with Gasteiger partial charge in [-0.3, -0.25) is 4.79 Å². The molecule has 0 unspecified atom stereocenters. The Bertz CT molecular complexity index is 719. The molecule has 4 heteroatoms. The van der Waals surface area contributed by atoms with Crippen LogP contribution >= 0.6 is 0 Å². The lowest BCUT2D eigenvalue weighted by molar-refractivity contribution is -0.114. The van der Waals surface area contributed by atoms with Gasteiger partial charge in [0.1, 0.15) is 5.75 Å². The zero-order chi connectivity index (χ0) is 18.6. The van der Waals surface area contributed by atoms with E-state index in [-0.39, 0.29) is 5.78 Å². The molecule has 0 N–H and O–H groups in total. The molecule has 0 spiro atoms. The molecule has 0 saturated heterocycles. The smallest absolute Gasteiger partial charge is 0.155 e. The van der Waals surface area contributed by atoms with Gasteiger partial charge in [-0.05, 0) is 62.2 Å². The van der Waals surface area contributed by atoms with Crippen molar-refractivity contribution >= 4 is 17.2 Å². The van der Waals surface area contributed by atoms with Crippen LogP contribution in [0.15, 0.2) is 71.4 Å². The molecular formula is C22H26N2O2. The Morgan fingerprint density at radius 3 is 2.12 bits per heavy atom. The molecule has 136 valence electrons. The molecule has 2 aromatic carbocycles. The molecule has 0 radical (unpaired) electrons. The van der Waals surface area contributed by atoms with Gasteiger partial charge in [0.2, 0.25) is 0 Å². The van der Waals surface area contributed by atoms with E-state index < -0.39 is 0 Å². The number of rotatable bonds is 11. The van der Waals surface area contributed by atoms with Gasteiger partial charge < -0.3 is 4.74 Å². The number of hydrogen-bond donors (Lipinski definition) is 0. The summed E-state index contributed by atoms with van der Waals surface area (Å²) in [5.41, 5.74) is 2.84. The standard InChI is InChI=1S/C22H26N2O2/c1-3-21(25)8-6-4-5-7-17-26-22-15-13-20(14-16-22)24-23-19-11-9-18(2)10-12-19/h3,9-16H,1,4-8,17H2,2H3. The predicted octanol–water partition coefficient (Wildman–Crippen LogP) is 6.49. The van der Waals surface area contributed by atoms with E-state index in [1.165, 1.54) is 11.6 Å². The van der Waals surface area contributed by atoms with Gasteiger partial charge in [0.15, 0.2) is 5.78 Å². The Kier molecular flexibility index (Phi) is 8.27. The first-order valence-corrected chi connectivity index (χ1v) is 9.04. The largest absolute Gasteiger partial charge is 0.494 e. The van der Waals surface area contributed by atoms with Crippen molar-refractivity contribution in [2.75, 3.05) is 6.61 Å². The van der Waals surface area contributed by atoms with Crippen molar-refractivity contribution in [2.24, 2.45) is 10.2 Å². The molecule has 0 atom stereocenters. The van der Waals surface area contributed by atoms with Crippen LogP contribution in [-0.4, -0.2) is 12.4 Å². The summed E-state index contributed by atoms with van der Waals surface area (Å²) < 4.78 is 5.73. The van der Waals surface area contributed by atoms with Gasteiger partial charge in [-0.25, -0.2) is 0 Å². The second-order valence-electron chi connectivity index (χ2n) is 6.21. The van der Waals surface area contributed by atoms with Crippen LogP contribution in [0.5, 0.6) is 5.75 Å². The number of carbonyl (C=O) groups excluding carboxylic acids is 1. The Labute approximate surface area is 155 Å². The van der Waals surface area contributed by atoms with Crippen molar-refractivity contribution in [1.29, 1.82) is 0 Å². The van der Waals surface area contributed by atoms with Crippen LogP contribution in [0.1, 0.15) is 37.7 Å². The van der Waals surface area contributed by atoms with Gasteiger partial charge in [0, 0.05) is 6.42 Å². The van der Waals surface area contributed by atoms with Crippen molar-refractivity contribution in [3.63, 3.8) is 0 Å². The quantitative estimate of drug-likeness (QED) is 0.264. The molecule has 0 aliphatic heterocycles. The number of ketones is 1. The molecule has 2 aromatic rings. The van der Waals surface area contributed by atoms with Gasteiger partial charge in [0.25, 0.3) is 0 Å². The van der Waals surface area contributed by atoms with Crippen LogP contribution in [0.3, 0.4) is 0 Å². The van der Waals surface area contributed by atoms with Gasteiger partial charge in [-0.1, -0.05) is 37.1 Å². The molecule has 0 heterocycles. The summed E-state index contributed by atoms with van der Waals surface area (Å²) in [6, 6.07) is 15.5. The third-order valence-electron chi connectivity index (χ3n) is 3.97. The van der Waals surface area contributed by atoms with Crippen molar-refractivity contribution in [2.45, 2.75) is 39.0 Å². The fourth-order valence-corrected chi connectivity index (χ4v) is 2.38. The minimum Gasteiger partial charge on any atom is -0.494 e.